The summed E-state index contributed by atoms with van der Waals surface area (Å²) in [6, 6.07) is 9.35. The number of carbonyl (C=O) groups is 2. The molecule has 3 aromatic rings. The smallest absolute Gasteiger partial charge is 0.419 e. The molecule has 200 valence electrons. The van der Waals surface area contributed by atoms with Gasteiger partial charge in [-0.1, -0.05) is 32.0 Å². The van der Waals surface area contributed by atoms with Crippen LogP contribution in [0, 0.1) is 0 Å². The minimum absolute atomic E-state index is 0.0694. The second-order valence-corrected chi connectivity index (χ2v) is 11.5. The van der Waals surface area contributed by atoms with Crippen LogP contribution in [0.15, 0.2) is 36.5 Å². The number of pyridine rings is 2. The van der Waals surface area contributed by atoms with Crippen LogP contribution in [0.4, 0.5) is 15.3 Å². The summed E-state index contributed by atoms with van der Waals surface area (Å²) in [6.07, 6.45) is 0.00920. The number of carbonyl (C=O) groups excluding carboxylic acids is 1. The van der Waals surface area contributed by atoms with Crippen LogP contribution >= 0.6 is 0 Å². The number of rotatable bonds is 6. The van der Waals surface area contributed by atoms with Crippen molar-refractivity contribution in [2.24, 2.45) is 0 Å². The summed E-state index contributed by atoms with van der Waals surface area (Å²) in [5, 5.41) is 9.55. The number of fused-ring (bicyclic) bond motifs is 4. The highest BCUT2D eigenvalue weighted by atomic mass is 32.2. The van der Waals surface area contributed by atoms with Gasteiger partial charge in [0.2, 0.25) is 5.88 Å². The van der Waals surface area contributed by atoms with Crippen LogP contribution in [0.1, 0.15) is 36.1 Å². The average Bonchev–Trinajstić information content (AvgIpc) is 2.88. The van der Waals surface area contributed by atoms with Gasteiger partial charge in [0.25, 0.3) is 0 Å². The van der Waals surface area contributed by atoms with Crippen LogP contribution in [0.5, 0.6) is 5.88 Å². The van der Waals surface area contributed by atoms with E-state index < -0.39 is 27.8 Å². The van der Waals surface area contributed by atoms with Crippen molar-refractivity contribution in [1.82, 2.24) is 19.0 Å². The molecule has 5 rings (SSSR count). The molecule has 0 unspecified atom stereocenters. The zero-order chi connectivity index (χ0) is 27.2. The van der Waals surface area contributed by atoms with Crippen molar-refractivity contribution >= 4 is 39.1 Å². The summed E-state index contributed by atoms with van der Waals surface area (Å²) in [5.74, 6) is 0.425. The largest absolute Gasteiger partial charge is 0.481 e. The number of cyclic esters (lactones) is 1. The van der Waals surface area contributed by atoms with E-state index in [1.807, 2.05) is 38.1 Å². The van der Waals surface area contributed by atoms with Crippen LogP contribution in [0.2, 0.25) is 0 Å². The number of benzene rings is 1. The summed E-state index contributed by atoms with van der Waals surface area (Å²) in [7, 11) is -2.60. The van der Waals surface area contributed by atoms with Crippen LogP contribution in [0.3, 0.4) is 0 Å². The monoisotopic (exact) mass is 541 g/mol. The van der Waals surface area contributed by atoms with Crippen molar-refractivity contribution in [3.8, 4) is 5.88 Å². The van der Waals surface area contributed by atoms with E-state index >= 15 is 0 Å². The SMILES string of the molecule is COc1ccc2c3c(cnc2n1)COC(=O)N3CC(C)(C)c1ccc2c(c1)CCN(S(=O)(=O)NC(=O)O)C2. The van der Waals surface area contributed by atoms with Gasteiger partial charge in [-0.05, 0) is 29.2 Å². The van der Waals surface area contributed by atoms with Gasteiger partial charge >= 0.3 is 22.4 Å². The number of aromatic nitrogens is 2. The Morgan fingerprint density at radius 3 is 2.74 bits per heavy atom. The zero-order valence-electron chi connectivity index (χ0n) is 21.1. The fourth-order valence-electron chi connectivity index (χ4n) is 4.89. The predicted molar refractivity (Wildman–Crippen MR) is 137 cm³/mol. The predicted octanol–water partition coefficient (Wildman–Crippen LogP) is 2.94. The molecule has 38 heavy (non-hydrogen) atoms. The Hall–Kier alpha value is -3.97. The maximum Gasteiger partial charge on any atom is 0.419 e. The van der Waals surface area contributed by atoms with E-state index in [1.165, 1.54) is 7.11 Å². The molecule has 0 aliphatic carbocycles. The van der Waals surface area contributed by atoms with E-state index in [-0.39, 0.29) is 19.7 Å². The van der Waals surface area contributed by atoms with Gasteiger partial charge in [0, 0.05) is 48.3 Å². The third-order valence-corrected chi connectivity index (χ3v) is 8.30. The van der Waals surface area contributed by atoms with Gasteiger partial charge in [0.15, 0.2) is 5.65 Å². The summed E-state index contributed by atoms with van der Waals surface area (Å²) >= 11 is 0. The third-order valence-electron chi connectivity index (χ3n) is 6.88. The van der Waals surface area contributed by atoms with Crippen LogP contribution in [-0.2, 0) is 39.9 Å². The van der Waals surface area contributed by atoms with Crippen LogP contribution in [-0.4, -0.2) is 60.2 Å². The Morgan fingerprint density at radius 2 is 2.00 bits per heavy atom. The molecule has 2 aliphatic heterocycles. The second-order valence-electron chi connectivity index (χ2n) is 9.86. The molecular formula is C25H27N5O7S. The Balaban J connectivity index is 1.44. The van der Waals surface area contributed by atoms with Crippen molar-refractivity contribution in [3.05, 3.63) is 58.8 Å². The third kappa shape index (κ3) is 4.70. The highest BCUT2D eigenvalue weighted by molar-refractivity contribution is 7.87. The molecule has 0 bridgehead atoms. The molecule has 0 spiro atoms. The van der Waals surface area contributed by atoms with Crippen molar-refractivity contribution in [2.45, 2.75) is 38.8 Å². The molecule has 0 saturated carbocycles. The van der Waals surface area contributed by atoms with Crippen molar-refractivity contribution in [2.75, 3.05) is 25.1 Å². The first-order valence-electron chi connectivity index (χ1n) is 11.9. The standard InChI is InChI=1S/C25H27N5O7S/c1-25(2,18-5-4-16-12-29(9-8-15(16)10-18)38(34,35)28-23(31)32)14-30-21-17(13-37-24(30)33)11-26-22-19(21)6-7-20(27-22)36-3/h4-7,10-11,28H,8-9,12-14H2,1-3H3,(H,31,32). The number of methoxy groups -OCH3 is 1. The highest BCUT2D eigenvalue weighted by Crippen LogP contribution is 2.37. The lowest BCUT2D eigenvalue weighted by Gasteiger charge is -2.37. The minimum atomic E-state index is -4.13. The molecular weight excluding hydrogens is 514 g/mol. The zero-order valence-corrected chi connectivity index (χ0v) is 21.9. The fourth-order valence-corrected chi connectivity index (χ4v) is 5.88. The fraction of sp³-hybridized carbons (Fsp3) is 0.360. The molecule has 2 amide bonds. The number of nitrogens with one attached hydrogen (secondary N) is 1. The Labute approximate surface area is 219 Å². The molecule has 13 heteroatoms. The second kappa shape index (κ2) is 9.40. The quantitative estimate of drug-likeness (QED) is 0.480. The number of anilines is 1. The molecule has 2 aliphatic rings. The average molecular weight is 542 g/mol. The van der Waals surface area contributed by atoms with Gasteiger partial charge in [-0.2, -0.15) is 17.7 Å². The topological polar surface area (TPSA) is 151 Å². The summed E-state index contributed by atoms with van der Waals surface area (Å²) < 4.78 is 37.9. The van der Waals surface area contributed by atoms with E-state index in [9.17, 15) is 18.0 Å². The molecule has 0 saturated heterocycles. The first-order chi connectivity index (χ1) is 18.0. The van der Waals surface area contributed by atoms with Gasteiger partial charge < -0.3 is 14.6 Å². The first-order valence-corrected chi connectivity index (χ1v) is 13.3. The van der Waals surface area contributed by atoms with Gasteiger partial charge in [-0.25, -0.2) is 19.3 Å². The lowest BCUT2D eigenvalue weighted by molar-refractivity contribution is 0.140. The molecule has 1 aromatic carbocycles. The lowest BCUT2D eigenvalue weighted by Crippen LogP contribution is -2.45. The van der Waals surface area contributed by atoms with Gasteiger partial charge in [-0.3, -0.25) is 4.90 Å². The van der Waals surface area contributed by atoms with Crippen LogP contribution < -0.4 is 14.4 Å². The van der Waals surface area contributed by atoms with Gasteiger partial charge in [0.1, 0.15) is 6.61 Å². The normalized spacial score (nSPS) is 16.0. The first kappa shape index (κ1) is 25.7. The molecule has 4 heterocycles. The number of hydrogen-bond acceptors (Lipinski definition) is 8. The van der Waals surface area contributed by atoms with E-state index in [1.54, 1.807) is 21.9 Å². The summed E-state index contributed by atoms with van der Waals surface area (Å²) in [5.41, 5.74) is 4.18. The minimum Gasteiger partial charge on any atom is -0.481 e. The van der Waals surface area contributed by atoms with Crippen LogP contribution in [0.25, 0.3) is 11.0 Å². The maximum absolute atomic E-state index is 13.0. The van der Waals surface area contributed by atoms with Gasteiger partial charge in [-0.15, -0.1) is 0 Å². The summed E-state index contributed by atoms with van der Waals surface area (Å²) in [6.45, 7) is 4.70. The number of nitrogens with zero attached hydrogens (tertiary/aromatic N) is 4. The van der Waals surface area contributed by atoms with E-state index in [4.69, 9.17) is 14.6 Å². The number of amides is 2. The number of hydrogen-bond donors (Lipinski definition) is 2. The molecule has 0 radical (unpaired) electrons. The Kier molecular flexibility index (Phi) is 6.35. The Bertz CT molecular complexity index is 1560. The maximum atomic E-state index is 13.0. The van der Waals surface area contributed by atoms with Crippen molar-refractivity contribution in [1.29, 1.82) is 0 Å². The molecule has 12 nitrogen and oxygen atoms in total. The van der Waals surface area contributed by atoms with Crippen molar-refractivity contribution in [3.63, 3.8) is 0 Å². The highest BCUT2D eigenvalue weighted by Gasteiger charge is 2.35. The molecule has 2 aromatic heterocycles. The summed E-state index contributed by atoms with van der Waals surface area (Å²) in [4.78, 5) is 34.3. The molecule has 0 atom stereocenters. The Morgan fingerprint density at radius 1 is 1.21 bits per heavy atom. The number of ether oxygens (including phenoxy) is 2. The molecule has 0 fully saturated rings. The number of carboxylic acid groups (broad SMARTS) is 1. The molecule has 2 N–H and O–H groups in total. The van der Waals surface area contributed by atoms with E-state index in [2.05, 4.69) is 9.97 Å². The van der Waals surface area contributed by atoms with Gasteiger partial charge in [0.05, 0.1) is 12.8 Å². The van der Waals surface area contributed by atoms with Crippen molar-refractivity contribution < 1.29 is 32.6 Å². The lowest BCUT2D eigenvalue weighted by atomic mass is 9.81. The van der Waals surface area contributed by atoms with E-state index in [0.29, 0.717) is 30.2 Å². The van der Waals surface area contributed by atoms with E-state index in [0.717, 1.165) is 31.9 Å².